The molecular weight excluding hydrogens is 199 g/mol. The molecule has 0 fully saturated rings. The van der Waals surface area contributed by atoms with Gasteiger partial charge in [-0.15, -0.1) is 0 Å². The van der Waals surface area contributed by atoms with Crippen LogP contribution in [0.1, 0.15) is 19.8 Å². The van der Waals surface area contributed by atoms with Crippen molar-refractivity contribution in [3.63, 3.8) is 0 Å². The van der Waals surface area contributed by atoms with Crippen LogP contribution in [-0.2, 0) is 3.08 Å². The third-order valence-electron chi connectivity index (χ3n) is 0.354. The fourth-order valence-corrected chi connectivity index (χ4v) is 0. The molecule has 0 saturated carbocycles. The second-order valence-electron chi connectivity index (χ2n) is 0.854. The zero-order valence-electron chi connectivity index (χ0n) is 4.53. The summed E-state index contributed by atoms with van der Waals surface area (Å²) in [4.78, 5) is 0. The molecule has 0 bridgehead atoms. The first kappa shape index (κ1) is 15.6. The molecule has 2 nitrogen and oxygen atoms in total. The first-order valence-electron chi connectivity index (χ1n) is 1.91. The topological polar surface area (TPSA) is 48.6 Å². The van der Waals surface area contributed by atoms with Crippen LogP contribution in [0.3, 0.4) is 0 Å². The van der Waals surface area contributed by atoms with Crippen molar-refractivity contribution in [2.24, 2.45) is 0 Å². The number of unbranched alkanes of at least 4 members (excludes halogenated alkanes) is 1. The summed E-state index contributed by atoms with van der Waals surface area (Å²) in [6.07, 6.45) is 2.28. The molecule has 43 valence electrons. The molecule has 0 aliphatic heterocycles. The van der Waals surface area contributed by atoms with E-state index in [1.807, 2.05) is 0 Å². The zero-order valence-corrected chi connectivity index (χ0v) is 7.38. The van der Waals surface area contributed by atoms with Crippen LogP contribution < -0.4 is 0 Å². The van der Waals surface area contributed by atoms with Gasteiger partial charge in [0.2, 0.25) is 0 Å². The van der Waals surface area contributed by atoms with Crippen molar-refractivity contribution in [3.05, 3.63) is 6.92 Å². The van der Waals surface area contributed by atoms with Gasteiger partial charge in [-0.1, -0.05) is 26.7 Å². The Morgan fingerprint density at radius 1 is 1.57 bits per heavy atom. The third-order valence-corrected chi connectivity index (χ3v) is 0.354. The van der Waals surface area contributed by atoms with E-state index >= 15 is 0 Å². The fraction of sp³-hybridized carbons (Fsp3) is 0.750. The molecule has 0 amide bonds. The van der Waals surface area contributed by atoms with Crippen LogP contribution in [0.25, 0.3) is 0 Å². The summed E-state index contributed by atoms with van der Waals surface area (Å²) in [6, 6.07) is 0. The molecule has 0 aromatic heterocycles. The summed E-state index contributed by atoms with van der Waals surface area (Å²) in [5, 5.41) is 0. The Morgan fingerprint density at radius 3 is 1.71 bits per heavy atom. The standard InChI is InChI=1S/C4H9.H2O.O.Sn/c1-3-4-2;;;/h1,3-4H2,2H3;1H2;;. The Balaban J connectivity index is -0.0000000480. The van der Waals surface area contributed by atoms with E-state index in [1.54, 1.807) is 0 Å². The van der Waals surface area contributed by atoms with Gasteiger partial charge in [-0.05, 0) is 0 Å². The van der Waals surface area contributed by atoms with Crippen molar-refractivity contribution in [3.8, 4) is 0 Å². The quantitative estimate of drug-likeness (QED) is 0.573. The maximum absolute atomic E-state index is 8.34. The number of rotatable bonds is 1. The SMILES string of the molecule is O.[CH2]CCC.[O]=[Sn]. The summed E-state index contributed by atoms with van der Waals surface area (Å²) < 4.78 is 8.34. The van der Waals surface area contributed by atoms with Gasteiger partial charge in [0.05, 0.1) is 0 Å². The summed E-state index contributed by atoms with van der Waals surface area (Å²) in [5.41, 5.74) is 0. The molecule has 0 unspecified atom stereocenters. The summed E-state index contributed by atoms with van der Waals surface area (Å²) in [5.74, 6) is 0. The van der Waals surface area contributed by atoms with Crippen molar-refractivity contribution < 1.29 is 8.55 Å². The van der Waals surface area contributed by atoms with Gasteiger partial charge in [0.15, 0.2) is 0 Å². The average Bonchev–Trinajstić information content (AvgIpc) is 1.72. The molecular formula is C4H11O2Sn. The summed E-state index contributed by atoms with van der Waals surface area (Å²) >= 11 is 0.300. The monoisotopic (exact) mass is 211 g/mol. The van der Waals surface area contributed by atoms with Crippen LogP contribution in [0.15, 0.2) is 0 Å². The van der Waals surface area contributed by atoms with Gasteiger partial charge in [-0.25, -0.2) is 0 Å². The molecule has 0 aliphatic carbocycles. The van der Waals surface area contributed by atoms with Gasteiger partial charge >= 0.3 is 25.6 Å². The van der Waals surface area contributed by atoms with Gasteiger partial charge in [-0.3, -0.25) is 0 Å². The Hall–Kier alpha value is 0.559. The van der Waals surface area contributed by atoms with Crippen molar-refractivity contribution >= 4 is 22.5 Å². The molecule has 0 aliphatic rings. The summed E-state index contributed by atoms with van der Waals surface area (Å²) in [6.45, 7) is 5.72. The van der Waals surface area contributed by atoms with E-state index in [-0.39, 0.29) is 5.48 Å². The van der Waals surface area contributed by atoms with E-state index in [1.165, 1.54) is 6.42 Å². The molecule has 2 N–H and O–H groups in total. The predicted octanol–water partition coefficient (Wildman–Crippen LogP) is 0.296. The van der Waals surface area contributed by atoms with E-state index < -0.39 is 0 Å². The van der Waals surface area contributed by atoms with E-state index in [2.05, 4.69) is 13.8 Å². The van der Waals surface area contributed by atoms with E-state index in [0.29, 0.717) is 22.5 Å². The van der Waals surface area contributed by atoms with E-state index in [4.69, 9.17) is 3.08 Å². The molecule has 3 radical (unpaired) electrons. The van der Waals surface area contributed by atoms with Gasteiger partial charge in [0.1, 0.15) is 0 Å². The van der Waals surface area contributed by atoms with Gasteiger partial charge in [0, 0.05) is 0 Å². The second-order valence-corrected chi connectivity index (χ2v) is 0.854. The van der Waals surface area contributed by atoms with Crippen LogP contribution in [0, 0.1) is 6.92 Å². The molecule has 0 spiro atoms. The molecule has 0 saturated heterocycles. The molecule has 0 aromatic rings. The molecule has 0 heterocycles. The van der Waals surface area contributed by atoms with Crippen LogP contribution in [0.4, 0.5) is 0 Å². The Kier molecular flexibility index (Phi) is 69.2. The van der Waals surface area contributed by atoms with Crippen LogP contribution in [0.2, 0.25) is 0 Å². The fourth-order valence-electron chi connectivity index (χ4n) is 0. The first-order chi connectivity index (χ1) is 2.91. The number of hydrogen-bond acceptors (Lipinski definition) is 1. The van der Waals surface area contributed by atoms with Gasteiger partial charge in [0.25, 0.3) is 0 Å². The van der Waals surface area contributed by atoms with Crippen molar-refractivity contribution in [2.45, 2.75) is 19.8 Å². The normalized spacial score (nSPS) is 4.86. The molecule has 0 atom stereocenters. The van der Waals surface area contributed by atoms with Crippen LogP contribution >= 0.6 is 0 Å². The zero-order chi connectivity index (χ0) is 5.41. The van der Waals surface area contributed by atoms with Crippen LogP contribution in [0.5, 0.6) is 0 Å². The average molecular weight is 210 g/mol. The molecule has 0 rings (SSSR count). The van der Waals surface area contributed by atoms with Gasteiger partial charge in [-0.2, -0.15) is 0 Å². The number of hydrogen-bond donors (Lipinski definition) is 0. The minimum atomic E-state index is 0. The third kappa shape index (κ3) is 56.1. The van der Waals surface area contributed by atoms with Crippen LogP contribution in [-0.4, -0.2) is 28.0 Å². The Labute approximate surface area is 58.1 Å². The Morgan fingerprint density at radius 2 is 1.71 bits per heavy atom. The van der Waals surface area contributed by atoms with E-state index in [9.17, 15) is 0 Å². The molecule has 7 heavy (non-hydrogen) atoms. The predicted molar refractivity (Wildman–Crippen MR) is 30.3 cm³/mol. The second kappa shape index (κ2) is 31.0. The van der Waals surface area contributed by atoms with Crippen molar-refractivity contribution in [1.29, 1.82) is 0 Å². The Bertz CT molecular complexity index is 17.2. The molecule has 0 aromatic carbocycles. The van der Waals surface area contributed by atoms with Gasteiger partial charge < -0.3 is 5.48 Å². The van der Waals surface area contributed by atoms with E-state index in [0.717, 1.165) is 6.42 Å². The molecule has 3 heteroatoms. The van der Waals surface area contributed by atoms with Crippen molar-refractivity contribution in [1.82, 2.24) is 0 Å². The maximum atomic E-state index is 8.34. The minimum absolute atomic E-state index is 0. The van der Waals surface area contributed by atoms with Crippen molar-refractivity contribution in [2.75, 3.05) is 0 Å². The first-order valence-corrected chi connectivity index (χ1v) is 3.08. The summed E-state index contributed by atoms with van der Waals surface area (Å²) in [7, 11) is 0.